The molecule has 2 rings (SSSR count). The first-order valence-electron chi connectivity index (χ1n) is 3.60. The van der Waals surface area contributed by atoms with Crippen molar-refractivity contribution < 1.29 is 0 Å². The van der Waals surface area contributed by atoms with Crippen LogP contribution < -0.4 is 0 Å². The highest BCUT2D eigenvalue weighted by atomic mass is 14.5. The quantitative estimate of drug-likeness (QED) is 0.431. The minimum absolute atomic E-state index is 0.521. The lowest BCUT2D eigenvalue weighted by molar-refractivity contribution is 0.627. The average molecular weight is 120 g/mol. The van der Waals surface area contributed by atoms with Gasteiger partial charge in [-0.2, -0.15) is 0 Å². The Kier molecular flexibility index (Phi) is 0.769. The van der Waals surface area contributed by atoms with Gasteiger partial charge in [0.1, 0.15) is 0 Å². The summed E-state index contributed by atoms with van der Waals surface area (Å²) in [6.07, 6.45) is 8.14. The van der Waals surface area contributed by atoms with Gasteiger partial charge in [0.2, 0.25) is 0 Å². The molecular formula is C9H12. The van der Waals surface area contributed by atoms with Gasteiger partial charge in [0.25, 0.3) is 0 Å². The first kappa shape index (κ1) is 5.28. The zero-order valence-corrected chi connectivity index (χ0v) is 6.02. The summed E-state index contributed by atoms with van der Waals surface area (Å²) in [5.74, 6) is 0.797. The van der Waals surface area contributed by atoms with Gasteiger partial charge in [0.05, 0.1) is 0 Å². The fraction of sp³-hybridized carbons (Fsp3) is 0.556. The molecule has 0 saturated heterocycles. The van der Waals surface area contributed by atoms with Crippen LogP contribution in [0.4, 0.5) is 0 Å². The van der Waals surface area contributed by atoms with Crippen LogP contribution >= 0.6 is 0 Å². The van der Waals surface area contributed by atoms with Crippen molar-refractivity contribution in [2.24, 2.45) is 11.3 Å². The number of hydrogen-bond acceptors (Lipinski definition) is 0. The third kappa shape index (κ3) is 0.536. The van der Waals surface area contributed by atoms with E-state index in [-0.39, 0.29) is 0 Å². The number of hydrogen-bond donors (Lipinski definition) is 0. The topological polar surface area (TPSA) is 0 Å². The molecule has 0 aromatic rings. The maximum absolute atomic E-state index is 2.37. The second-order valence-corrected chi connectivity index (χ2v) is 3.52. The smallest absolute Gasteiger partial charge is 0.00713 e. The van der Waals surface area contributed by atoms with Gasteiger partial charge in [0.15, 0.2) is 0 Å². The van der Waals surface area contributed by atoms with Crippen molar-refractivity contribution in [1.29, 1.82) is 0 Å². The zero-order valence-electron chi connectivity index (χ0n) is 6.02. The van der Waals surface area contributed by atoms with Crippen LogP contribution in [0.2, 0.25) is 0 Å². The normalized spacial score (nSPS) is 35.3. The first-order chi connectivity index (χ1) is 4.23. The first-order valence-corrected chi connectivity index (χ1v) is 3.60. The van der Waals surface area contributed by atoms with E-state index in [9.17, 15) is 0 Å². The van der Waals surface area contributed by atoms with Crippen LogP contribution in [0.15, 0.2) is 23.8 Å². The Morgan fingerprint density at radius 2 is 2.33 bits per heavy atom. The zero-order chi connectivity index (χ0) is 6.48. The molecule has 0 nitrogen and oxygen atoms in total. The van der Waals surface area contributed by atoms with Crippen LogP contribution in [0.1, 0.15) is 20.3 Å². The summed E-state index contributed by atoms with van der Waals surface area (Å²) in [4.78, 5) is 0. The molecule has 0 heteroatoms. The lowest BCUT2D eigenvalue weighted by Gasteiger charge is -1.92. The standard InChI is InChI=1S/C9H12/c1-9(2)7-5-3-4-6-8(7)9/h3,5-7H,4H2,1-2H3. The fourth-order valence-electron chi connectivity index (χ4n) is 1.76. The summed E-state index contributed by atoms with van der Waals surface area (Å²) in [6.45, 7) is 4.64. The highest BCUT2D eigenvalue weighted by Crippen LogP contribution is 2.59. The summed E-state index contributed by atoms with van der Waals surface area (Å²) >= 11 is 0. The molecule has 1 saturated carbocycles. The molecule has 0 aromatic heterocycles. The van der Waals surface area contributed by atoms with Crippen LogP contribution in [-0.4, -0.2) is 0 Å². The van der Waals surface area contributed by atoms with Gasteiger partial charge < -0.3 is 0 Å². The number of fused-ring (bicyclic) bond motifs is 1. The fourth-order valence-corrected chi connectivity index (χ4v) is 1.76. The Hall–Kier alpha value is -0.520. The molecule has 0 spiro atoms. The van der Waals surface area contributed by atoms with Crippen molar-refractivity contribution in [1.82, 2.24) is 0 Å². The predicted octanol–water partition coefficient (Wildman–Crippen LogP) is 2.53. The van der Waals surface area contributed by atoms with E-state index in [4.69, 9.17) is 0 Å². The molecular weight excluding hydrogens is 108 g/mol. The second kappa shape index (κ2) is 1.31. The molecule has 1 fully saturated rings. The van der Waals surface area contributed by atoms with Crippen molar-refractivity contribution in [2.75, 3.05) is 0 Å². The van der Waals surface area contributed by atoms with E-state index in [1.807, 2.05) is 0 Å². The monoisotopic (exact) mass is 120 g/mol. The molecule has 2 aliphatic rings. The number of rotatable bonds is 0. The summed E-state index contributed by atoms with van der Waals surface area (Å²) in [5.41, 5.74) is 2.18. The lowest BCUT2D eigenvalue weighted by Crippen LogP contribution is -1.84. The van der Waals surface area contributed by atoms with Gasteiger partial charge in [0, 0.05) is 5.92 Å². The Labute approximate surface area is 56.3 Å². The molecule has 0 N–H and O–H groups in total. The van der Waals surface area contributed by atoms with Gasteiger partial charge in [-0.15, -0.1) is 0 Å². The molecule has 1 unspecified atom stereocenters. The summed E-state index contributed by atoms with van der Waals surface area (Å²) < 4.78 is 0. The summed E-state index contributed by atoms with van der Waals surface area (Å²) in [6, 6.07) is 0. The van der Waals surface area contributed by atoms with E-state index in [0.29, 0.717) is 5.41 Å². The number of allylic oxidation sites excluding steroid dienone is 4. The molecule has 9 heavy (non-hydrogen) atoms. The van der Waals surface area contributed by atoms with Gasteiger partial charge in [-0.1, -0.05) is 37.6 Å². The molecule has 1 atom stereocenters. The van der Waals surface area contributed by atoms with Crippen molar-refractivity contribution in [3.8, 4) is 0 Å². The third-order valence-electron chi connectivity index (χ3n) is 2.58. The van der Waals surface area contributed by atoms with Crippen molar-refractivity contribution in [2.45, 2.75) is 20.3 Å². The van der Waals surface area contributed by atoms with E-state index in [2.05, 4.69) is 32.1 Å². The van der Waals surface area contributed by atoms with Crippen LogP contribution in [0.3, 0.4) is 0 Å². The van der Waals surface area contributed by atoms with Gasteiger partial charge in [-0.3, -0.25) is 0 Å². The molecule has 0 bridgehead atoms. The minimum atomic E-state index is 0.521. The molecule has 0 radical (unpaired) electrons. The van der Waals surface area contributed by atoms with Crippen LogP contribution in [0, 0.1) is 11.3 Å². The van der Waals surface area contributed by atoms with Crippen molar-refractivity contribution >= 4 is 0 Å². The lowest BCUT2D eigenvalue weighted by atomic mass is 10.1. The second-order valence-electron chi connectivity index (χ2n) is 3.52. The van der Waals surface area contributed by atoms with Gasteiger partial charge >= 0.3 is 0 Å². The largest absolute Gasteiger partial charge is 0.0841 e. The van der Waals surface area contributed by atoms with E-state index < -0.39 is 0 Å². The van der Waals surface area contributed by atoms with Crippen molar-refractivity contribution in [3.63, 3.8) is 0 Å². The molecule has 48 valence electrons. The van der Waals surface area contributed by atoms with E-state index in [1.54, 1.807) is 5.57 Å². The van der Waals surface area contributed by atoms with Gasteiger partial charge in [-0.05, 0) is 11.8 Å². The Morgan fingerprint density at radius 1 is 1.56 bits per heavy atom. The molecule has 0 heterocycles. The Balaban J connectivity index is 2.34. The summed E-state index contributed by atoms with van der Waals surface area (Å²) in [5, 5.41) is 0. The highest BCUT2D eigenvalue weighted by Gasteiger charge is 2.50. The highest BCUT2D eigenvalue weighted by molar-refractivity contribution is 5.43. The molecule has 0 amide bonds. The third-order valence-corrected chi connectivity index (χ3v) is 2.58. The predicted molar refractivity (Wildman–Crippen MR) is 39.1 cm³/mol. The van der Waals surface area contributed by atoms with E-state index in [0.717, 1.165) is 12.3 Å². The maximum Gasteiger partial charge on any atom is 0.00713 e. The average Bonchev–Trinajstić information content (AvgIpc) is 2.39. The SMILES string of the molecule is CC1(C)C2=CCC=CC21. The van der Waals surface area contributed by atoms with Gasteiger partial charge in [-0.25, -0.2) is 0 Å². The molecule has 0 aliphatic heterocycles. The Morgan fingerprint density at radius 3 is 2.78 bits per heavy atom. The van der Waals surface area contributed by atoms with Crippen LogP contribution in [0.25, 0.3) is 0 Å². The molecule has 0 aromatic carbocycles. The Bertz CT molecular complexity index is 194. The van der Waals surface area contributed by atoms with Crippen LogP contribution in [0.5, 0.6) is 0 Å². The van der Waals surface area contributed by atoms with E-state index >= 15 is 0 Å². The van der Waals surface area contributed by atoms with E-state index in [1.165, 1.54) is 0 Å². The van der Waals surface area contributed by atoms with Crippen molar-refractivity contribution in [3.05, 3.63) is 23.8 Å². The van der Waals surface area contributed by atoms with Crippen LogP contribution in [-0.2, 0) is 0 Å². The minimum Gasteiger partial charge on any atom is -0.0841 e. The molecule has 2 aliphatic carbocycles. The maximum atomic E-state index is 2.37. The summed E-state index contributed by atoms with van der Waals surface area (Å²) in [7, 11) is 0.